The molecule has 10 heteroatoms. The summed E-state index contributed by atoms with van der Waals surface area (Å²) in [5.41, 5.74) is 5.33. The summed E-state index contributed by atoms with van der Waals surface area (Å²) in [6.07, 6.45) is 39.9. The number of nitrogens with two attached hydrogens (primary N) is 1. The predicted octanol–water partition coefficient (Wildman–Crippen LogP) is 10.8. The van der Waals surface area contributed by atoms with E-state index in [-0.39, 0.29) is 32.6 Å². The second-order valence-corrected chi connectivity index (χ2v) is 14.2. The molecule has 0 aromatic carbocycles. The minimum absolute atomic E-state index is 0.0476. The molecule has 290 valence electrons. The number of hydrogen-bond donors (Lipinski definition) is 2. The van der Waals surface area contributed by atoms with Crippen LogP contribution in [-0.4, -0.2) is 49.3 Å². The van der Waals surface area contributed by atoms with Gasteiger partial charge in [0.1, 0.15) is 6.61 Å². The van der Waals surface area contributed by atoms with Crippen LogP contribution in [0.2, 0.25) is 0 Å². The van der Waals surface area contributed by atoms with Gasteiger partial charge in [0.15, 0.2) is 6.10 Å². The maximum Gasteiger partial charge on any atom is 0.472 e. The highest BCUT2D eigenvalue weighted by Gasteiger charge is 2.25. The molecule has 0 spiro atoms. The lowest BCUT2D eigenvalue weighted by Crippen LogP contribution is -2.29. The van der Waals surface area contributed by atoms with Crippen LogP contribution in [0.3, 0.4) is 0 Å². The number of carbonyl (C=O) groups excluding carboxylic acids is 2. The van der Waals surface area contributed by atoms with E-state index in [0.29, 0.717) is 6.42 Å². The fourth-order valence-electron chi connectivity index (χ4n) is 5.05. The molecule has 0 bridgehead atoms. The van der Waals surface area contributed by atoms with Crippen LogP contribution in [0.15, 0.2) is 48.6 Å². The van der Waals surface area contributed by atoms with Crippen molar-refractivity contribution in [3.05, 3.63) is 48.6 Å². The molecule has 9 nitrogen and oxygen atoms in total. The molecule has 2 unspecified atom stereocenters. The van der Waals surface area contributed by atoms with E-state index in [1.807, 2.05) is 0 Å². The molecule has 3 N–H and O–H groups in total. The molecule has 0 radical (unpaired) electrons. The average Bonchev–Trinajstić information content (AvgIpc) is 3.10. The van der Waals surface area contributed by atoms with Crippen LogP contribution < -0.4 is 5.73 Å². The highest BCUT2D eigenvalue weighted by molar-refractivity contribution is 7.47. The van der Waals surface area contributed by atoms with Crippen molar-refractivity contribution in [3.63, 3.8) is 0 Å². The van der Waals surface area contributed by atoms with Gasteiger partial charge in [-0.2, -0.15) is 0 Å². The topological polar surface area (TPSA) is 134 Å². The Morgan fingerprint density at radius 2 is 1.10 bits per heavy atom. The monoisotopic (exact) mass is 725 g/mol. The Morgan fingerprint density at radius 3 is 1.66 bits per heavy atom. The van der Waals surface area contributed by atoms with Gasteiger partial charge < -0.3 is 20.1 Å². The third-order valence-corrected chi connectivity index (χ3v) is 8.93. The van der Waals surface area contributed by atoms with Gasteiger partial charge in [-0.25, -0.2) is 4.57 Å². The van der Waals surface area contributed by atoms with Crippen molar-refractivity contribution in [1.29, 1.82) is 0 Å². The van der Waals surface area contributed by atoms with E-state index in [1.54, 1.807) is 0 Å². The minimum atomic E-state index is -4.38. The molecule has 0 aliphatic heterocycles. The van der Waals surface area contributed by atoms with E-state index < -0.39 is 32.5 Å². The highest BCUT2D eigenvalue weighted by atomic mass is 31.2. The average molecular weight is 726 g/mol. The number of allylic oxidation sites excluding steroid dienone is 8. The maximum absolute atomic E-state index is 12.5. The van der Waals surface area contributed by atoms with Crippen molar-refractivity contribution < 1.29 is 37.6 Å². The van der Waals surface area contributed by atoms with Crippen molar-refractivity contribution in [2.75, 3.05) is 26.4 Å². The molecule has 50 heavy (non-hydrogen) atoms. The number of unbranched alkanes of at least 4 members (excludes halogenated alkanes) is 15. The Balaban J connectivity index is 4.26. The lowest BCUT2D eigenvalue weighted by Gasteiger charge is -2.19. The number of hydrogen-bond acceptors (Lipinski definition) is 8. The Hall–Kier alpha value is -2.03. The van der Waals surface area contributed by atoms with Gasteiger partial charge in [0.25, 0.3) is 0 Å². The third kappa shape index (κ3) is 35.8. The lowest BCUT2D eigenvalue weighted by atomic mass is 10.1. The summed E-state index contributed by atoms with van der Waals surface area (Å²) in [4.78, 5) is 34.7. The Kier molecular flexibility index (Phi) is 35.3. The van der Waals surface area contributed by atoms with Gasteiger partial charge in [-0.15, -0.1) is 0 Å². The molecule has 0 aliphatic carbocycles. The SMILES string of the molecule is CC/C=C\C/C=C\C/C=C\CCCCCCCC(=O)OC(COC(=O)CCCCCCC/C=C\CCCCCCC)COP(=O)(O)OCCN. The molecule has 0 aromatic heterocycles. The Bertz CT molecular complexity index is 965. The highest BCUT2D eigenvalue weighted by Crippen LogP contribution is 2.43. The molecule has 0 saturated carbocycles. The van der Waals surface area contributed by atoms with Gasteiger partial charge in [0.2, 0.25) is 0 Å². The number of ether oxygens (including phenoxy) is 2. The van der Waals surface area contributed by atoms with E-state index in [1.165, 1.54) is 38.5 Å². The molecule has 0 heterocycles. The molecular formula is C40H72NO8P. The summed E-state index contributed by atoms with van der Waals surface area (Å²) in [5.74, 6) is -0.862. The second kappa shape index (κ2) is 36.8. The van der Waals surface area contributed by atoms with Crippen molar-refractivity contribution in [3.8, 4) is 0 Å². The van der Waals surface area contributed by atoms with Crippen LogP contribution in [-0.2, 0) is 32.7 Å². The van der Waals surface area contributed by atoms with Crippen molar-refractivity contribution >= 4 is 19.8 Å². The smallest absolute Gasteiger partial charge is 0.462 e. The van der Waals surface area contributed by atoms with Gasteiger partial charge in [-0.05, 0) is 70.6 Å². The van der Waals surface area contributed by atoms with E-state index >= 15 is 0 Å². The summed E-state index contributed by atoms with van der Waals surface area (Å²) < 4.78 is 32.6. The van der Waals surface area contributed by atoms with Crippen LogP contribution in [0.25, 0.3) is 0 Å². The number of carbonyl (C=O) groups is 2. The minimum Gasteiger partial charge on any atom is -0.462 e. The lowest BCUT2D eigenvalue weighted by molar-refractivity contribution is -0.161. The van der Waals surface area contributed by atoms with E-state index in [0.717, 1.165) is 89.9 Å². The molecule has 0 rings (SSSR count). The van der Waals surface area contributed by atoms with Gasteiger partial charge in [0.05, 0.1) is 13.2 Å². The number of esters is 2. The Labute approximate surface area is 305 Å². The predicted molar refractivity (Wildman–Crippen MR) is 206 cm³/mol. The summed E-state index contributed by atoms with van der Waals surface area (Å²) in [6.45, 7) is 3.56. The van der Waals surface area contributed by atoms with Crippen LogP contribution in [0, 0.1) is 0 Å². The summed E-state index contributed by atoms with van der Waals surface area (Å²) in [6, 6.07) is 0. The van der Waals surface area contributed by atoms with E-state index in [4.69, 9.17) is 24.3 Å². The van der Waals surface area contributed by atoms with Crippen LogP contribution >= 0.6 is 7.82 Å². The first-order chi connectivity index (χ1) is 24.3. The zero-order chi connectivity index (χ0) is 36.8. The Morgan fingerprint density at radius 1 is 0.620 bits per heavy atom. The van der Waals surface area contributed by atoms with Crippen molar-refractivity contribution in [2.45, 2.75) is 168 Å². The van der Waals surface area contributed by atoms with Crippen LogP contribution in [0.5, 0.6) is 0 Å². The zero-order valence-electron chi connectivity index (χ0n) is 31.6. The first-order valence-electron chi connectivity index (χ1n) is 19.6. The molecule has 0 aromatic rings. The first-order valence-corrected chi connectivity index (χ1v) is 21.1. The standard InChI is InChI=1S/C40H72NO8P/c1-3-5-7-9-11-13-15-17-19-21-23-25-27-29-31-33-40(43)49-38(37-48-50(44,45)47-35-34-41)36-46-39(42)32-30-28-26-24-22-20-18-16-14-12-10-8-6-4-2/h5,7,11,13,16-19,38H,3-4,6,8-10,12,14-15,20-37,41H2,1-2H3,(H,44,45)/b7-5-,13-11-,18-16-,19-17-. The summed E-state index contributed by atoms with van der Waals surface area (Å²) in [7, 11) is -4.38. The largest absolute Gasteiger partial charge is 0.472 e. The van der Waals surface area contributed by atoms with Gasteiger partial charge in [-0.3, -0.25) is 18.6 Å². The zero-order valence-corrected chi connectivity index (χ0v) is 32.5. The molecule has 0 saturated heterocycles. The molecular weight excluding hydrogens is 653 g/mol. The summed E-state index contributed by atoms with van der Waals surface area (Å²) in [5, 5.41) is 0. The quantitative estimate of drug-likeness (QED) is 0.0280. The van der Waals surface area contributed by atoms with E-state index in [9.17, 15) is 19.0 Å². The van der Waals surface area contributed by atoms with Gasteiger partial charge in [-0.1, -0.05) is 127 Å². The van der Waals surface area contributed by atoms with E-state index in [2.05, 4.69) is 62.5 Å². The van der Waals surface area contributed by atoms with Gasteiger partial charge >= 0.3 is 19.8 Å². The normalized spacial score (nSPS) is 13.9. The summed E-state index contributed by atoms with van der Waals surface area (Å²) >= 11 is 0. The fourth-order valence-corrected chi connectivity index (χ4v) is 5.82. The maximum atomic E-state index is 12.5. The van der Waals surface area contributed by atoms with Crippen LogP contribution in [0.4, 0.5) is 0 Å². The molecule has 0 fully saturated rings. The number of phosphoric acid groups is 1. The number of rotatable bonds is 36. The first kappa shape index (κ1) is 48.0. The second-order valence-electron chi connectivity index (χ2n) is 12.8. The van der Waals surface area contributed by atoms with Crippen LogP contribution in [0.1, 0.15) is 162 Å². The molecule has 2 atom stereocenters. The van der Waals surface area contributed by atoms with Crippen molar-refractivity contribution in [1.82, 2.24) is 0 Å². The van der Waals surface area contributed by atoms with Gasteiger partial charge in [0, 0.05) is 19.4 Å². The molecule has 0 amide bonds. The third-order valence-electron chi connectivity index (χ3n) is 7.95. The fraction of sp³-hybridized carbons (Fsp3) is 0.750. The number of phosphoric ester groups is 1. The molecule has 0 aliphatic rings. The van der Waals surface area contributed by atoms with Crippen molar-refractivity contribution in [2.24, 2.45) is 5.73 Å².